The first kappa shape index (κ1) is 13.9. The van der Waals surface area contributed by atoms with E-state index in [0.717, 1.165) is 0 Å². The smallest absolute Gasteiger partial charge is 0.262 e. The topological polar surface area (TPSA) is 84.5 Å². The van der Waals surface area contributed by atoms with Gasteiger partial charge in [0.1, 0.15) is 10.6 Å². The first-order valence-electron chi connectivity index (χ1n) is 5.13. The van der Waals surface area contributed by atoms with Crippen LogP contribution in [0.1, 0.15) is 0 Å². The van der Waals surface area contributed by atoms with Crippen LogP contribution in [0.25, 0.3) is 0 Å². The van der Waals surface area contributed by atoms with E-state index in [4.69, 9.17) is 11.2 Å². The molecule has 1 aliphatic heterocycles. The molecule has 6 nitrogen and oxygen atoms in total. The van der Waals surface area contributed by atoms with Crippen LogP contribution in [0.2, 0.25) is 0 Å². The van der Waals surface area contributed by atoms with E-state index in [1.807, 2.05) is 0 Å². The standard InChI is InChI=1S/C11H9BrN2O4S/c1-2-3-13-19(16,17)10-5-9-8(4-7(10)12)14-11(15)6-18-9/h1,4-5,13H,3,6H2,(H,14,15). The minimum atomic E-state index is -3.73. The predicted octanol–water partition coefficient (Wildman–Crippen LogP) is 0.692. The molecule has 1 aromatic rings. The Hall–Kier alpha value is -1.56. The average molecular weight is 345 g/mol. The van der Waals surface area contributed by atoms with Gasteiger partial charge in [0, 0.05) is 10.5 Å². The normalized spacial score (nSPS) is 14.0. The molecule has 100 valence electrons. The molecule has 1 aromatic carbocycles. The summed E-state index contributed by atoms with van der Waals surface area (Å²) in [5, 5.41) is 2.58. The van der Waals surface area contributed by atoms with Crippen molar-refractivity contribution in [3.8, 4) is 18.1 Å². The second kappa shape index (κ2) is 5.21. The molecule has 0 unspecified atom stereocenters. The van der Waals surface area contributed by atoms with Gasteiger partial charge in [-0.05, 0) is 22.0 Å². The first-order chi connectivity index (χ1) is 8.94. The van der Waals surface area contributed by atoms with Gasteiger partial charge in [0.25, 0.3) is 5.91 Å². The third-order valence-corrected chi connectivity index (χ3v) is 4.68. The van der Waals surface area contributed by atoms with Crippen LogP contribution in [-0.2, 0) is 14.8 Å². The Labute approximate surface area is 118 Å². The number of sulfonamides is 1. The highest BCUT2D eigenvalue weighted by atomic mass is 79.9. The molecule has 0 atom stereocenters. The lowest BCUT2D eigenvalue weighted by Gasteiger charge is -2.19. The monoisotopic (exact) mass is 344 g/mol. The maximum absolute atomic E-state index is 12.0. The number of hydrogen-bond acceptors (Lipinski definition) is 4. The van der Waals surface area contributed by atoms with Gasteiger partial charge in [0.05, 0.1) is 12.2 Å². The van der Waals surface area contributed by atoms with E-state index in [1.54, 1.807) is 0 Å². The quantitative estimate of drug-likeness (QED) is 0.790. The third-order valence-electron chi connectivity index (χ3n) is 2.32. The van der Waals surface area contributed by atoms with Crippen molar-refractivity contribution in [1.82, 2.24) is 4.72 Å². The summed E-state index contributed by atoms with van der Waals surface area (Å²) in [6, 6.07) is 2.80. The number of carbonyl (C=O) groups is 1. The van der Waals surface area contributed by atoms with Crippen molar-refractivity contribution in [3.05, 3.63) is 16.6 Å². The number of terminal acetylenes is 1. The Morgan fingerprint density at radius 1 is 1.53 bits per heavy atom. The second-order valence-electron chi connectivity index (χ2n) is 3.64. The molecule has 0 saturated heterocycles. The summed E-state index contributed by atoms with van der Waals surface area (Å²) in [6.45, 7) is -0.255. The van der Waals surface area contributed by atoms with E-state index < -0.39 is 10.0 Å². The number of carbonyl (C=O) groups excluding carboxylic acids is 1. The SMILES string of the molecule is C#CCNS(=O)(=O)c1cc2c(cc1Br)NC(=O)CO2. The van der Waals surface area contributed by atoms with E-state index in [-0.39, 0.29) is 24.0 Å². The number of benzene rings is 1. The van der Waals surface area contributed by atoms with Gasteiger partial charge < -0.3 is 10.1 Å². The summed E-state index contributed by atoms with van der Waals surface area (Å²) in [5.41, 5.74) is 0.416. The Bertz CT molecular complexity index is 679. The van der Waals surface area contributed by atoms with Crippen molar-refractivity contribution in [2.75, 3.05) is 18.5 Å². The van der Waals surface area contributed by atoms with Gasteiger partial charge in [0.15, 0.2) is 6.61 Å². The molecule has 2 rings (SSSR count). The lowest BCUT2D eigenvalue weighted by molar-refractivity contribution is -0.118. The van der Waals surface area contributed by atoms with E-state index in [0.29, 0.717) is 15.9 Å². The minimum Gasteiger partial charge on any atom is -0.482 e. The van der Waals surface area contributed by atoms with Gasteiger partial charge in [-0.3, -0.25) is 4.79 Å². The van der Waals surface area contributed by atoms with Crippen molar-refractivity contribution < 1.29 is 17.9 Å². The zero-order valence-corrected chi connectivity index (χ0v) is 12.0. The molecule has 0 bridgehead atoms. The lowest BCUT2D eigenvalue weighted by atomic mass is 10.2. The number of nitrogens with one attached hydrogen (secondary N) is 2. The molecular weight excluding hydrogens is 336 g/mol. The van der Waals surface area contributed by atoms with Crippen molar-refractivity contribution in [3.63, 3.8) is 0 Å². The summed E-state index contributed by atoms with van der Waals surface area (Å²) in [6.07, 6.45) is 5.02. The predicted molar refractivity (Wildman–Crippen MR) is 72.3 cm³/mol. The Kier molecular flexibility index (Phi) is 3.80. The Morgan fingerprint density at radius 3 is 2.95 bits per heavy atom. The third kappa shape index (κ3) is 2.89. The number of rotatable bonds is 3. The summed E-state index contributed by atoms with van der Waals surface area (Å²) in [5.74, 6) is 2.19. The van der Waals surface area contributed by atoms with Gasteiger partial charge in [0.2, 0.25) is 10.0 Å². The number of hydrogen-bond donors (Lipinski definition) is 2. The van der Waals surface area contributed by atoms with Crippen molar-refractivity contribution in [1.29, 1.82) is 0 Å². The highest BCUT2D eigenvalue weighted by molar-refractivity contribution is 9.10. The zero-order valence-electron chi connectivity index (χ0n) is 9.57. The minimum absolute atomic E-state index is 0.00218. The second-order valence-corrected chi connectivity index (χ2v) is 6.23. The molecule has 19 heavy (non-hydrogen) atoms. The van der Waals surface area contributed by atoms with Gasteiger partial charge in [-0.25, -0.2) is 8.42 Å². The van der Waals surface area contributed by atoms with Crippen LogP contribution >= 0.6 is 15.9 Å². The Morgan fingerprint density at radius 2 is 2.26 bits per heavy atom. The molecule has 0 spiro atoms. The van der Waals surface area contributed by atoms with Crippen molar-refractivity contribution in [2.24, 2.45) is 0 Å². The van der Waals surface area contributed by atoms with E-state index >= 15 is 0 Å². The number of halogens is 1. The summed E-state index contributed by atoms with van der Waals surface area (Å²) in [7, 11) is -3.73. The zero-order chi connectivity index (χ0) is 14.0. The molecule has 0 fully saturated rings. The first-order valence-corrected chi connectivity index (χ1v) is 7.41. The molecule has 0 radical (unpaired) electrons. The molecule has 1 amide bonds. The maximum atomic E-state index is 12.0. The number of amides is 1. The fourth-order valence-corrected chi connectivity index (χ4v) is 3.49. The summed E-state index contributed by atoms with van der Waals surface area (Å²) in [4.78, 5) is 11.2. The summed E-state index contributed by atoms with van der Waals surface area (Å²) >= 11 is 3.15. The molecule has 0 saturated carbocycles. The van der Waals surface area contributed by atoms with E-state index in [2.05, 4.69) is 31.9 Å². The largest absolute Gasteiger partial charge is 0.482 e. The van der Waals surface area contributed by atoms with Crippen LogP contribution in [-0.4, -0.2) is 27.5 Å². The summed E-state index contributed by atoms with van der Waals surface area (Å²) < 4.78 is 31.7. The average Bonchev–Trinajstić information content (AvgIpc) is 2.35. The van der Waals surface area contributed by atoms with Crippen LogP contribution in [0.15, 0.2) is 21.5 Å². The highest BCUT2D eigenvalue weighted by Crippen LogP contribution is 2.35. The molecule has 8 heteroatoms. The Balaban J connectivity index is 2.44. The van der Waals surface area contributed by atoms with Gasteiger partial charge in [-0.2, -0.15) is 4.72 Å². The fourth-order valence-electron chi connectivity index (χ4n) is 1.50. The molecule has 1 heterocycles. The van der Waals surface area contributed by atoms with E-state index in [9.17, 15) is 13.2 Å². The lowest BCUT2D eigenvalue weighted by Crippen LogP contribution is -2.27. The molecule has 2 N–H and O–H groups in total. The van der Waals surface area contributed by atoms with E-state index in [1.165, 1.54) is 12.1 Å². The number of anilines is 1. The molecular formula is C11H9BrN2O4S. The molecule has 0 aliphatic carbocycles. The highest BCUT2D eigenvalue weighted by Gasteiger charge is 2.23. The van der Waals surface area contributed by atoms with Crippen LogP contribution < -0.4 is 14.8 Å². The van der Waals surface area contributed by atoms with Gasteiger partial charge >= 0.3 is 0 Å². The maximum Gasteiger partial charge on any atom is 0.262 e. The number of fused-ring (bicyclic) bond motifs is 1. The van der Waals surface area contributed by atoms with Gasteiger partial charge in [-0.15, -0.1) is 6.42 Å². The molecule has 1 aliphatic rings. The van der Waals surface area contributed by atoms with Crippen LogP contribution in [0, 0.1) is 12.3 Å². The van der Waals surface area contributed by atoms with Crippen LogP contribution in [0.3, 0.4) is 0 Å². The fraction of sp³-hybridized carbons (Fsp3) is 0.182. The van der Waals surface area contributed by atoms with Crippen LogP contribution in [0.5, 0.6) is 5.75 Å². The van der Waals surface area contributed by atoms with Crippen molar-refractivity contribution >= 4 is 37.5 Å². The van der Waals surface area contributed by atoms with Crippen molar-refractivity contribution in [2.45, 2.75) is 4.90 Å². The van der Waals surface area contributed by atoms with Crippen LogP contribution in [0.4, 0.5) is 5.69 Å². The van der Waals surface area contributed by atoms with Gasteiger partial charge in [-0.1, -0.05) is 5.92 Å². The molecule has 0 aromatic heterocycles. The number of ether oxygens (including phenoxy) is 1.